The molecule has 0 fully saturated rings. The first-order valence-corrected chi connectivity index (χ1v) is 31.8. The molecule has 0 rings (SSSR count). The van der Waals surface area contributed by atoms with Crippen LogP contribution in [0, 0.1) is 0 Å². The maximum absolute atomic E-state index is 13.0. The summed E-state index contributed by atoms with van der Waals surface area (Å²) in [5.74, 6) is -0.156. The maximum Gasteiger partial charge on any atom is 0.268 e. The van der Waals surface area contributed by atoms with Gasteiger partial charge in [-0.3, -0.25) is 9.36 Å². The molecule has 68 heavy (non-hydrogen) atoms. The lowest BCUT2D eigenvalue weighted by atomic mass is 10.0. The number of nitrogens with zero attached hydrogens (tertiary/aromatic N) is 1. The summed E-state index contributed by atoms with van der Waals surface area (Å²) in [6.07, 6.45) is 61.5. The van der Waals surface area contributed by atoms with Gasteiger partial charge in [-0.05, 0) is 12.8 Å². The van der Waals surface area contributed by atoms with Gasteiger partial charge in [0.15, 0.2) is 0 Å². The van der Waals surface area contributed by atoms with E-state index < -0.39 is 20.0 Å². The van der Waals surface area contributed by atoms with Gasteiger partial charge < -0.3 is 28.8 Å². The Morgan fingerprint density at radius 1 is 0.456 bits per heavy atom. The van der Waals surface area contributed by atoms with Gasteiger partial charge in [0, 0.05) is 6.42 Å². The Hall–Kier alpha value is -0.500. The number of hydrogen-bond donors (Lipinski definition) is 2. The highest BCUT2D eigenvalue weighted by Gasteiger charge is 2.24. The topological polar surface area (TPSA) is 108 Å². The van der Waals surface area contributed by atoms with E-state index in [0.29, 0.717) is 23.9 Å². The first kappa shape index (κ1) is 67.5. The van der Waals surface area contributed by atoms with Crippen LogP contribution >= 0.6 is 7.82 Å². The second-order valence-electron chi connectivity index (χ2n) is 22.4. The summed E-state index contributed by atoms with van der Waals surface area (Å²) in [6, 6.07) is -0.795. The molecule has 1 unspecified atom stereocenters. The van der Waals surface area contributed by atoms with E-state index in [1.54, 1.807) is 0 Å². The van der Waals surface area contributed by atoms with E-state index in [4.69, 9.17) is 9.05 Å². The van der Waals surface area contributed by atoms with Crippen molar-refractivity contribution in [1.82, 2.24) is 5.32 Å². The molecule has 0 aromatic heterocycles. The van der Waals surface area contributed by atoms with Gasteiger partial charge in [-0.25, -0.2) is 0 Å². The third-order valence-electron chi connectivity index (χ3n) is 14.3. The zero-order valence-corrected chi connectivity index (χ0v) is 47.5. The number of unbranched alkanes of at least 4 members (excludes halogenated alkanes) is 44. The first-order valence-electron chi connectivity index (χ1n) is 30.4. The number of hydrogen-bond acceptors (Lipinski definition) is 6. The largest absolute Gasteiger partial charge is 0.756 e. The molecule has 0 bridgehead atoms. The van der Waals surface area contributed by atoms with Crippen molar-refractivity contribution in [3.63, 3.8) is 0 Å². The van der Waals surface area contributed by atoms with E-state index in [0.717, 1.165) is 38.5 Å². The van der Waals surface area contributed by atoms with E-state index in [9.17, 15) is 19.4 Å². The van der Waals surface area contributed by atoms with Crippen LogP contribution in [-0.4, -0.2) is 68.5 Å². The van der Waals surface area contributed by atoms with Crippen molar-refractivity contribution in [1.29, 1.82) is 0 Å². The van der Waals surface area contributed by atoms with E-state index in [1.165, 1.54) is 257 Å². The number of phosphoric ester groups is 1. The smallest absolute Gasteiger partial charge is 0.268 e. The fraction of sp³-hybridized carbons (Fsp3) is 0.983. The van der Waals surface area contributed by atoms with Crippen LogP contribution in [-0.2, 0) is 18.4 Å². The van der Waals surface area contributed by atoms with Gasteiger partial charge in [-0.2, -0.15) is 0 Å². The zero-order chi connectivity index (χ0) is 49.9. The number of nitrogens with one attached hydrogen (secondary N) is 1. The van der Waals surface area contributed by atoms with Crippen molar-refractivity contribution < 1.29 is 32.9 Å². The molecular formula is C59H121N2O6P. The van der Waals surface area contributed by atoms with Crippen molar-refractivity contribution >= 4 is 13.7 Å². The van der Waals surface area contributed by atoms with Gasteiger partial charge in [-0.15, -0.1) is 0 Å². The number of aliphatic hydroxyl groups is 1. The van der Waals surface area contributed by atoms with Crippen LogP contribution in [0.3, 0.4) is 0 Å². The van der Waals surface area contributed by atoms with E-state index >= 15 is 0 Å². The van der Waals surface area contributed by atoms with Gasteiger partial charge in [0.25, 0.3) is 7.82 Å². The van der Waals surface area contributed by atoms with Crippen molar-refractivity contribution in [2.45, 2.75) is 334 Å². The predicted molar refractivity (Wildman–Crippen MR) is 293 cm³/mol. The molecule has 1 amide bonds. The Bertz CT molecular complexity index is 1070. The van der Waals surface area contributed by atoms with Gasteiger partial charge in [-0.1, -0.05) is 303 Å². The fourth-order valence-corrected chi connectivity index (χ4v) is 10.3. The van der Waals surface area contributed by atoms with E-state index in [1.807, 2.05) is 21.1 Å². The van der Waals surface area contributed by atoms with Crippen LogP contribution in [0.5, 0.6) is 0 Å². The molecule has 3 atom stereocenters. The molecule has 2 N–H and O–H groups in total. The molecule has 0 heterocycles. The highest BCUT2D eigenvalue weighted by atomic mass is 31.2. The third kappa shape index (κ3) is 53.3. The number of aliphatic hydroxyl groups excluding tert-OH is 1. The monoisotopic (exact) mass is 985 g/mol. The summed E-state index contributed by atoms with van der Waals surface area (Å²) in [4.78, 5) is 25.5. The van der Waals surface area contributed by atoms with E-state index in [2.05, 4.69) is 19.2 Å². The number of quaternary nitrogens is 1. The Morgan fingerprint density at radius 3 is 1.00 bits per heavy atom. The second-order valence-corrected chi connectivity index (χ2v) is 23.8. The van der Waals surface area contributed by atoms with Crippen molar-refractivity contribution in [2.75, 3.05) is 40.9 Å². The molecule has 0 saturated carbocycles. The van der Waals surface area contributed by atoms with Gasteiger partial charge >= 0.3 is 0 Å². The van der Waals surface area contributed by atoms with Gasteiger partial charge in [0.2, 0.25) is 5.91 Å². The summed E-state index contributed by atoms with van der Waals surface area (Å²) < 4.78 is 23.4. The molecule has 0 radical (unpaired) electrons. The van der Waals surface area contributed by atoms with Gasteiger partial charge in [0.05, 0.1) is 39.9 Å². The lowest BCUT2D eigenvalue weighted by Gasteiger charge is -2.30. The number of likely N-dealkylation sites (N-methyl/N-ethyl adjacent to an activating group) is 1. The van der Waals surface area contributed by atoms with Crippen LogP contribution in [0.25, 0.3) is 0 Å². The fourth-order valence-electron chi connectivity index (χ4n) is 9.57. The van der Waals surface area contributed by atoms with Crippen LogP contribution in [0.4, 0.5) is 0 Å². The standard InChI is InChI=1S/C59H121N2O6P/c1-6-8-10-12-14-16-18-20-22-24-25-26-27-28-29-30-31-32-33-34-35-37-39-41-43-45-47-49-51-53-59(63)60-57(56-67-68(64,65)66-55-54-61(3,4)5)58(62)52-50-48-46-44-42-40-38-36-23-21-19-17-15-13-11-9-7-2/h57-58,62H,6-56H2,1-5H3,(H-,60,63,64,65)/t57-,58+/m0/s1. The third-order valence-corrected chi connectivity index (χ3v) is 15.3. The number of carbonyl (C=O) groups is 1. The average Bonchev–Trinajstić information content (AvgIpc) is 3.30. The number of amides is 1. The number of rotatable bonds is 57. The average molecular weight is 986 g/mol. The normalized spacial score (nSPS) is 13.8. The molecule has 408 valence electrons. The Kier molecular flexibility index (Phi) is 51.0. The summed E-state index contributed by atoms with van der Waals surface area (Å²) in [7, 11) is 1.33. The molecule has 9 heteroatoms. The minimum absolute atomic E-state index is 0.0166. The Balaban J connectivity index is 4.02. The molecule has 0 aliphatic rings. The highest BCUT2D eigenvalue weighted by Crippen LogP contribution is 2.38. The summed E-state index contributed by atoms with van der Waals surface area (Å²) in [5, 5.41) is 14.0. The molecule has 8 nitrogen and oxygen atoms in total. The number of phosphoric acid groups is 1. The summed E-state index contributed by atoms with van der Waals surface area (Å²) in [5.41, 5.74) is 0. The molecular weight excluding hydrogens is 864 g/mol. The van der Waals surface area contributed by atoms with E-state index in [-0.39, 0.29) is 19.1 Å². The summed E-state index contributed by atoms with van der Waals surface area (Å²) in [6.45, 7) is 4.78. The maximum atomic E-state index is 13.0. The SMILES string of the molecule is CCCCCCCCCCCCCCCCCCCCCCCCCCCCCCCC(=O)N[C@@H](COP(=O)([O-])OCC[N+](C)(C)C)[C@H](O)CCCCCCCCCCCCCCCCCCC. The predicted octanol–water partition coefficient (Wildman–Crippen LogP) is 17.8. The quantitative estimate of drug-likeness (QED) is 0.0357. The Labute approximate surface area is 425 Å². The first-order chi connectivity index (χ1) is 33.0. The van der Waals surface area contributed by atoms with Crippen LogP contribution in [0.1, 0.15) is 322 Å². The molecule has 0 aliphatic heterocycles. The minimum Gasteiger partial charge on any atom is -0.756 e. The molecule has 0 saturated heterocycles. The summed E-state index contributed by atoms with van der Waals surface area (Å²) >= 11 is 0. The van der Waals surface area contributed by atoms with Crippen molar-refractivity contribution in [2.24, 2.45) is 0 Å². The molecule has 0 aromatic carbocycles. The second kappa shape index (κ2) is 51.4. The molecule has 0 aromatic rings. The van der Waals surface area contributed by atoms with Crippen molar-refractivity contribution in [3.05, 3.63) is 0 Å². The number of carbonyl (C=O) groups excluding carboxylic acids is 1. The van der Waals surface area contributed by atoms with Crippen molar-refractivity contribution in [3.8, 4) is 0 Å². The van der Waals surface area contributed by atoms with Crippen LogP contribution in [0.15, 0.2) is 0 Å². The molecule has 0 aliphatic carbocycles. The molecule has 0 spiro atoms. The zero-order valence-electron chi connectivity index (χ0n) is 46.6. The minimum atomic E-state index is -4.57. The van der Waals surface area contributed by atoms with Crippen LogP contribution in [0.2, 0.25) is 0 Å². The van der Waals surface area contributed by atoms with Crippen LogP contribution < -0.4 is 10.2 Å². The Morgan fingerprint density at radius 2 is 0.721 bits per heavy atom. The lowest BCUT2D eigenvalue weighted by Crippen LogP contribution is -2.46. The lowest BCUT2D eigenvalue weighted by molar-refractivity contribution is -0.870. The highest BCUT2D eigenvalue weighted by molar-refractivity contribution is 7.45. The van der Waals surface area contributed by atoms with Gasteiger partial charge in [0.1, 0.15) is 13.2 Å².